The molecule has 4 rings (SSSR count). The first-order valence-electron chi connectivity index (χ1n) is 9.80. The molecule has 1 amide bonds. The number of hydrogen-bond donors (Lipinski definition) is 1. The molecule has 1 aromatic rings. The number of nitrogens with zero attached hydrogens (tertiary/aromatic N) is 2. The fraction of sp³-hybridized carbons (Fsp3) is 0.700. The molecule has 1 saturated carbocycles. The third-order valence-electron chi connectivity index (χ3n) is 6.91. The highest BCUT2D eigenvalue weighted by atomic mass is 32.1. The van der Waals surface area contributed by atoms with E-state index in [-0.39, 0.29) is 12.3 Å². The Balaban J connectivity index is 1.39. The molecule has 3 aliphatic rings. The number of thiophene rings is 1. The molecule has 2 saturated heterocycles. The van der Waals surface area contributed by atoms with E-state index < -0.39 is 17.4 Å². The molecule has 142 valence electrons. The van der Waals surface area contributed by atoms with Gasteiger partial charge in [0.15, 0.2) is 0 Å². The zero-order valence-corrected chi connectivity index (χ0v) is 16.3. The molecule has 2 aliphatic heterocycles. The fourth-order valence-electron chi connectivity index (χ4n) is 5.21. The minimum absolute atomic E-state index is 0.0229. The Hall–Kier alpha value is -1.40. The van der Waals surface area contributed by atoms with Crippen molar-refractivity contribution in [3.05, 3.63) is 21.9 Å². The molecule has 0 unspecified atom stereocenters. The predicted octanol–water partition coefficient (Wildman–Crippen LogP) is 3.30. The quantitative estimate of drug-likeness (QED) is 0.876. The van der Waals surface area contributed by atoms with Gasteiger partial charge in [-0.2, -0.15) is 0 Å². The van der Waals surface area contributed by atoms with E-state index in [4.69, 9.17) is 0 Å². The van der Waals surface area contributed by atoms with Gasteiger partial charge in [-0.1, -0.05) is 12.8 Å². The van der Waals surface area contributed by atoms with Gasteiger partial charge < -0.3 is 10.0 Å². The topological polar surface area (TPSA) is 60.9 Å². The third-order valence-corrected chi connectivity index (χ3v) is 8.14. The number of aliphatic carboxylic acids is 1. The van der Waals surface area contributed by atoms with E-state index in [1.807, 2.05) is 11.3 Å². The van der Waals surface area contributed by atoms with E-state index in [2.05, 4.69) is 17.0 Å². The summed E-state index contributed by atoms with van der Waals surface area (Å²) >= 11 is 1.95. The molecule has 3 heterocycles. The van der Waals surface area contributed by atoms with Crippen molar-refractivity contribution in [1.29, 1.82) is 0 Å². The first-order valence-corrected chi connectivity index (χ1v) is 10.6. The van der Waals surface area contributed by atoms with Crippen molar-refractivity contribution in [1.82, 2.24) is 9.80 Å². The summed E-state index contributed by atoms with van der Waals surface area (Å²) in [6.45, 7) is 2.67. The number of carboxylic acid groups (broad SMARTS) is 1. The summed E-state index contributed by atoms with van der Waals surface area (Å²) < 4.78 is 0. The molecule has 5 nitrogen and oxygen atoms in total. The molecule has 0 bridgehead atoms. The number of carbonyl (C=O) groups is 2. The zero-order valence-electron chi connectivity index (χ0n) is 15.4. The number of amides is 1. The largest absolute Gasteiger partial charge is 0.481 e. The van der Waals surface area contributed by atoms with Gasteiger partial charge in [0.1, 0.15) is 0 Å². The lowest BCUT2D eigenvalue weighted by Gasteiger charge is -2.45. The van der Waals surface area contributed by atoms with Gasteiger partial charge in [-0.3, -0.25) is 14.5 Å². The molecule has 3 fully saturated rings. The molecule has 1 atom stereocenters. The van der Waals surface area contributed by atoms with Gasteiger partial charge in [-0.15, -0.1) is 11.3 Å². The number of carbonyl (C=O) groups excluding carboxylic acids is 1. The summed E-state index contributed by atoms with van der Waals surface area (Å²) in [5, 5.41) is 9.58. The van der Waals surface area contributed by atoms with Crippen LogP contribution in [0.25, 0.3) is 0 Å². The Morgan fingerprint density at radius 3 is 2.62 bits per heavy atom. The minimum Gasteiger partial charge on any atom is -0.481 e. The molecule has 0 radical (unpaired) electrons. The third kappa shape index (κ3) is 3.07. The van der Waals surface area contributed by atoms with Crippen LogP contribution in [0, 0.1) is 5.92 Å². The first-order chi connectivity index (χ1) is 12.5. The second-order valence-corrected chi connectivity index (χ2v) is 9.41. The summed E-state index contributed by atoms with van der Waals surface area (Å²) in [5.74, 6) is -0.633. The van der Waals surface area contributed by atoms with Crippen LogP contribution in [0.5, 0.6) is 0 Å². The molecule has 26 heavy (non-hydrogen) atoms. The maximum absolute atomic E-state index is 12.1. The van der Waals surface area contributed by atoms with Crippen LogP contribution in [-0.4, -0.2) is 52.5 Å². The van der Waals surface area contributed by atoms with Gasteiger partial charge in [-0.05, 0) is 43.7 Å². The standard InChI is InChI=1S/C20H28N2O3S/c1-21-18(23)12-16(19(24)25)20(21)8-10-22(11-9-20)13-15-6-7-17(26-15)14-4-2-3-5-14/h6-7,14,16H,2-5,8-13H2,1H3,(H,24,25)/t16-/m1/s1. The second-order valence-electron chi connectivity index (χ2n) is 8.21. The van der Waals surface area contributed by atoms with Gasteiger partial charge in [0.2, 0.25) is 5.91 Å². The van der Waals surface area contributed by atoms with Crippen LogP contribution in [0.2, 0.25) is 0 Å². The highest BCUT2D eigenvalue weighted by molar-refractivity contribution is 7.12. The van der Waals surface area contributed by atoms with E-state index >= 15 is 0 Å². The Morgan fingerprint density at radius 1 is 1.27 bits per heavy atom. The van der Waals surface area contributed by atoms with Crippen LogP contribution >= 0.6 is 11.3 Å². The summed E-state index contributed by atoms with van der Waals surface area (Å²) in [6, 6.07) is 4.58. The summed E-state index contributed by atoms with van der Waals surface area (Å²) in [5.41, 5.74) is -0.482. The van der Waals surface area contributed by atoms with E-state index in [0.717, 1.165) is 38.4 Å². The van der Waals surface area contributed by atoms with E-state index in [1.54, 1.807) is 11.9 Å². The summed E-state index contributed by atoms with van der Waals surface area (Å²) in [4.78, 5) is 30.9. The van der Waals surface area contributed by atoms with Crippen LogP contribution in [0.1, 0.15) is 60.6 Å². The van der Waals surface area contributed by atoms with Gasteiger partial charge >= 0.3 is 5.97 Å². The highest BCUT2D eigenvalue weighted by Gasteiger charge is 2.55. The Morgan fingerprint density at radius 2 is 1.96 bits per heavy atom. The van der Waals surface area contributed by atoms with Crippen LogP contribution in [0.4, 0.5) is 0 Å². The normalized spacial score (nSPS) is 26.9. The number of piperidine rings is 1. The van der Waals surface area contributed by atoms with Gasteiger partial charge in [0.25, 0.3) is 0 Å². The lowest BCUT2D eigenvalue weighted by Crippen LogP contribution is -2.55. The Kier molecular flexibility index (Phi) is 4.82. The number of likely N-dealkylation sites (tertiary alicyclic amines) is 2. The SMILES string of the molecule is CN1C(=O)C[C@H](C(=O)O)C12CCN(Cc1ccc(C3CCCC3)s1)CC2. The Bertz CT molecular complexity index is 687. The number of hydrogen-bond acceptors (Lipinski definition) is 4. The maximum Gasteiger partial charge on any atom is 0.309 e. The van der Waals surface area contributed by atoms with Crippen molar-refractivity contribution in [3.8, 4) is 0 Å². The predicted molar refractivity (Wildman–Crippen MR) is 101 cm³/mol. The molecule has 1 aromatic heterocycles. The molecule has 0 aromatic carbocycles. The van der Waals surface area contributed by atoms with Crippen molar-refractivity contribution in [2.45, 2.75) is 62.9 Å². The monoisotopic (exact) mass is 376 g/mol. The first kappa shape index (κ1) is 18.0. The summed E-state index contributed by atoms with van der Waals surface area (Å²) in [7, 11) is 1.79. The number of rotatable bonds is 4. The van der Waals surface area contributed by atoms with Gasteiger partial charge in [0.05, 0.1) is 11.5 Å². The molecule has 1 spiro atoms. The van der Waals surface area contributed by atoms with Crippen LogP contribution < -0.4 is 0 Å². The van der Waals surface area contributed by atoms with Crippen molar-refractivity contribution in [2.75, 3.05) is 20.1 Å². The van der Waals surface area contributed by atoms with Crippen molar-refractivity contribution in [3.63, 3.8) is 0 Å². The van der Waals surface area contributed by atoms with Crippen molar-refractivity contribution < 1.29 is 14.7 Å². The average Bonchev–Trinajstić information content (AvgIpc) is 3.34. The molecule has 6 heteroatoms. The van der Waals surface area contributed by atoms with E-state index in [9.17, 15) is 14.7 Å². The molecule has 1 aliphatic carbocycles. The van der Waals surface area contributed by atoms with Crippen LogP contribution in [0.15, 0.2) is 12.1 Å². The minimum atomic E-state index is -0.824. The second kappa shape index (κ2) is 6.97. The highest BCUT2D eigenvalue weighted by Crippen LogP contribution is 2.43. The molecular weight excluding hydrogens is 348 g/mol. The smallest absolute Gasteiger partial charge is 0.309 e. The lowest BCUT2D eigenvalue weighted by atomic mass is 9.77. The fourth-order valence-corrected chi connectivity index (χ4v) is 6.44. The van der Waals surface area contributed by atoms with E-state index in [0.29, 0.717) is 0 Å². The summed E-state index contributed by atoms with van der Waals surface area (Å²) in [6.07, 6.45) is 7.07. The zero-order chi connectivity index (χ0) is 18.3. The average molecular weight is 377 g/mol. The number of carboxylic acids is 1. The lowest BCUT2D eigenvalue weighted by molar-refractivity contribution is -0.146. The van der Waals surface area contributed by atoms with Crippen LogP contribution in [0.3, 0.4) is 0 Å². The van der Waals surface area contributed by atoms with Gasteiger partial charge in [-0.25, -0.2) is 0 Å². The van der Waals surface area contributed by atoms with Crippen molar-refractivity contribution in [2.24, 2.45) is 5.92 Å². The molecule has 1 N–H and O–H groups in total. The van der Waals surface area contributed by atoms with Gasteiger partial charge in [0, 0.05) is 42.9 Å². The Labute approximate surface area is 159 Å². The van der Waals surface area contributed by atoms with Crippen molar-refractivity contribution >= 4 is 23.2 Å². The van der Waals surface area contributed by atoms with E-state index in [1.165, 1.54) is 35.4 Å². The molecular formula is C20H28N2O3S. The maximum atomic E-state index is 12.1. The van der Waals surface area contributed by atoms with Crippen LogP contribution in [-0.2, 0) is 16.1 Å².